The molecule has 0 atom stereocenters. The van der Waals surface area contributed by atoms with Crippen molar-refractivity contribution in [1.29, 1.82) is 15.8 Å². The predicted octanol–water partition coefficient (Wildman–Crippen LogP) is 3.33. The number of carboxylic acid groups (broad SMARTS) is 2. The Morgan fingerprint density at radius 3 is 1.83 bits per heavy atom. The third-order valence-corrected chi connectivity index (χ3v) is 3.46. The topological polar surface area (TPSA) is 184 Å². The predicted molar refractivity (Wildman–Crippen MR) is 134 cm³/mol. The Morgan fingerprint density at radius 1 is 0.833 bits per heavy atom. The molecular formula is C22H13N6O4RuS3. The van der Waals surface area contributed by atoms with Crippen molar-refractivity contribution in [3.05, 3.63) is 77.6 Å². The summed E-state index contributed by atoms with van der Waals surface area (Å²) in [5.74, 6) is -2.23. The Hall–Kier alpha value is -4.12. The van der Waals surface area contributed by atoms with Crippen molar-refractivity contribution in [3.63, 3.8) is 0 Å². The van der Waals surface area contributed by atoms with Crippen molar-refractivity contribution in [2.45, 2.75) is 0 Å². The molecule has 3 aromatic rings. The number of aromatic nitrogens is 2. The molecule has 36 heavy (non-hydrogen) atoms. The van der Waals surface area contributed by atoms with Crippen molar-refractivity contribution >= 4 is 61.7 Å². The molecule has 2 heterocycles. The number of carbonyl (C=O) groups is 2. The number of thiocyanates is 3. The Kier molecular flexibility index (Phi) is 19.2. The van der Waals surface area contributed by atoms with Gasteiger partial charge in [0, 0.05) is 6.20 Å². The molecule has 2 aromatic heterocycles. The minimum atomic E-state index is -1.13. The molecule has 0 bridgehead atoms. The maximum atomic E-state index is 11.4. The maximum absolute atomic E-state index is 11.4. The SMILES string of the molecule is N#C[S-].N#C[S-].N#C[S-].O=C(O)c1ccnc(-c2cc(C(=O)O)cc(C=Nc3ccccc3)n2)c1.[Ru+3]. The molecule has 3 rings (SSSR count). The molecule has 0 aliphatic heterocycles. The number of rotatable bonds is 5. The number of benzene rings is 1. The van der Waals surface area contributed by atoms with Crippen LogP contribution >= 0.6 is 0 Å². The van der Waals surface area contributed by atoms with E-state index in [0.717, 1.165) is 0 Å². The number of pyridine rings is 2. The monoisotopic (exact) mass is 623 g/mol. The molecular weight excluding hydrogens is 610 g/mol. The van der Waals surface area contributed by atoms with E-state index in [1.165, 1.54) is 52.9 Å². The van der Waals surface area contributed by atoms with Gasteiger partial charge < -0.3 is 48.1 Å². The molecule has 0 aliphatic rings. The van der Waals surface area contributed by atoms with Crippen LogP contribution in [0.2, 0.25) is 0 Å². The number of carboxylic acids is 2. The van der Waals surface area contributed by atoms with Crippen molar-refractivity contribution in [1.82, 2.24) is 9.97 Å². The molecule has 1 aromatic carbocycles. The van der Waals surface area contributed by atoms with Crippen molar-refractivity contribution in [3.8, 4) is 27.6 Å². The number of nitriles is 3. The quantitative estimate of drug-likeness (QED) is 0.183. The standard InChI is InChI=1S/C19H13N3O4.3CHNS.Ru/c23-18(24)12-6-7-20-16(9-12)17-10-13(19(25)26)8-15(22-17)11-21-14-4-2-1-3-5-14;3*2-1-3;/h1-11H,(H,23,24)(H,25,26);3*3H;/q;;;;+3/p-3. The van der Waals surface area contributed by atoms with Crippen LogP contribution in [0.5, 0.6) is 0 Å². The summed E-state index contributed by atoms with van der Waals surface area (Å²) in [5.41, 5.74) is 1.59. The van der Waals surface area contributed by atoms with Gasteiger partial charge in [-0.25, -0.2) is 30.4 Å². The van der Waals surface area contributed by atoms with Gasteiger partial charge in [0.2, 0.25) is 0 Å². The second-order valence-corrected chi connectivity index (χ2v) is 6.12. The molecule has 2 N–H and O–H groups in total. The first-order valence-corrected chi connectivity index (χ1v) is 10.1. The molecule has 0 spiro atoms. The molecule has 0 aliphatic carbocycles. The van der Waals surface area contributed by atoms with Gasteiger partial charge in [-0.1, -0.05) is 34.4 Å². The maximum Gasteiger partial charge on any atom is 3.00 e. The number of hydrogen-bond acceptors (Lipinski definition) is 11. The first-order valence-electron chi connectivity index (χ1n) is 8.85. The third-order valence-electron chi connectivity index (χ3n) is 3.46. The Bertz CT molecular complexity index is 1260. The van der Waals surface area contributed by atoms with E-state index in [0.29, 0.717) is 11.4 Å². The number of aromatic carboxylic acids is 2. The summed E-state index contributed by atoms with van der Waals surface area (Å²) < 4.78 is 0. The van der Waals surface area contributed by atoms with Gasteiger partial charge in [-0.05, 0) is 36.4 Å². The summed E-state index contributed by atoms with van der Waals surface area (Å²) in [7, 11) is 0. The second-order valence-electron chi connectivity index (χ2n) is 5.57. The van der Waals surface area contributed by atoms with E-state index in [4.69, 9.17) is 20.9 Å². The van der Waals surface area contributed by atoms with Crippen molar-refractivity contribution < 1.29 is 39.3 Å². The third kappa shape index (κ3) is 13.6. The van der Waals surface area contributed by atoms with Gasteiger partial charge in [-0.3, -0.25) is 9.98 Å². The summed E-state index contributed by atoms with van der Waals surface area (Å²) >= 11 is 11.1. The summed E-state index contributed by atoms with van der Waals surface area (Å²) in [5, 5.41) is 43.8. The average molecular weight is 623 g/mol. The van der Waals surface area contributed by atoms with Gasteiger partial charge in [-0.2, -0.15) is 0 Å². The van der Waals surface area contributed by atoms with Crippen LogP contribution in [0.15, 0.2) is 65.8 Å². The second kappa shape index (κ2) is 20.3. The van der Waals surface area contributed by atoms with Crippen molar-refractivity contribution in [2.75, 3.05) is 0 Å². The Balaban J connectivity index is 0. The van der Waals surface area contributed by atoms with Gasteiger partial charge in [0.1, 0.15) is 0 Å². The summed E-state index contributed by atoms with van der Waals surface area (Å²) in [6.07, 6.45) is 2.79. The summed E-state index contributed by atoms with van der Waals surface area (Å²) in [4.78, 5) is 35.2. The Labute approximate surface area is 236 Å². The van der Waals surface area contributed by atoms with E-state index in [1.807, 2.05) is 18.2 Å². The van der Waals surface area contributed by atoms with Gasteiger partial charge in [-0.15, -0.1) is 0 Å². The fourth-order valence-corrected chi connectivity index (χ4v) is 2.23. The van der Waals surface area contributed by atoms with E-state index < -0.39 is 11.9 Å². The molecule has 10 nitrogen and oxygen atoms in total. The van der Waals surface area contributed by atoms with Crippen LogP contribution in [0.25, 0.3) is 11.4 Å². The van der Waals surface area contributed by atoms with Gasteiger partial charge in [0.25, 0.3) is 0 Å². The van der Waals surface area contributed by atoms with Gasteiger partial charge >= 0.3 is 31.4 Å². The molecule has 0 amide bonds. The van der Waals surface area contributed by atoms with E-state index >= 15 is 0 Å². The number of aliphatic imine (C=N–C) groups is 1. The van der Waals surface area contributed by atoms with Crippen LogP contribution in [0.1, 0.15) is 26.4 Å². The van der Waals surface area contributed by atoms with E-state index in [1.54, 1.807) is 12.1 Å². The minimum absolute atomic E-state index is 0. The van der Waals surface area contributed by atoms with Crippen LogP contribution in [-0.4, -0.2) is 38.3 Å². The average Bonchev–Trinajstić information content (AvgIpc) is 2.85. The minimum Gasteiger partial charge on any atom is -0.696 e. The van der Waals surface area contributed by atoms with Crippen LogP contribution in [0.4, 0.5) is 5.69 Å². The molecule has 0 saturated heterocycles. The van der Waals surface area contributed by atoms with Crippen LogP contribution in [0, 0.1) is 32.0 Å². The zero-order valence-electron chi connectivity index (χ0n) is 17.8. The largest absolute Gasteiger partial charge is 3.00 e. The molecule has 0 saturated carbocycles. The molecule has 14 heteroatoms. The van der Waals surface area contributed by atoms with Crippen molar-refractivity contribution in [2.24, 2.45) is 4.99 Å². The fraction of sp³-hybridized carbons (Fsp3) is 0. The van der Waals surface area contributed by atoms with Crippen LogP contribution in [-0.2, 0) is 57.4 Å². The Morgan fingerprint density at radius 2 is 1.33 bits per heavy atom. The zero-order chi connectivity index (χ0) is 26.6. The van der Waals surface area contributed by atoms with Gasteiger partial charge in [0.05, 0.1) is 40.1 Å². The van der Waals surface area contributed by atoms with E-state index in [2.05, 4.69) is 52.8 Å². The molecule has 1 radical (unpaired) electrons. The first kappa shape index (κ1) is 34.1. The summed E-state index contributed by atoms with van der Waals surface area (Å²) in [6, 6.07) is 14.6. The smallest absolute Gasteiger partial charge is 0.696 e. The number of hydrogen-bond donors (Lipinski definition) is 2. The fourth-order valence-electron chi connectivity index (χ4n) is 2.23. The van der Waals surface area contributed by atoms with Gasteiger partial charge in [0.15, 0.2) is 0 Å². The molecule has 181 valence electrons. The zero-order valence-corrected chi connectivity index (χ0v) is 22.0. The molecule has 0 unspecified atom stereocenters. The molecule has 0 fully saturated rings. The van der Waals surface area contributed by atoms with E-state index in [-0.39, 0.29) is 42.0 Å². The number of para-hydroxylation sites is 1. The normalized spacial score (nSPS) is 8.36. The van der Waals surface area contributed by atoms with E-state index in [9.17, 15) is 14.7 Å². The summed E-state index contributed by atoms with van der Waals surface area (Å²) in [6.45, 7) is 0. The number of nitrogens with zero attached hydrogens (tertiary/aromatic N) is 6. The van der Waals surface area contributed by atoms with Crippen LogP contribution < -0.4 is 0 Å². The van der Waals surface area contributed by atoms with Crippen LogP contribution in [0.3, 0.4) is 0 Å². The first-order chi connectivity index (χ1) is 16.8.